The van der Waals surface area contributed by atoms with E-state index in [-0.39, 0.29) is 23.9 Å². The molecule has 3 heterocycles. The summed E-state index contributed by atoms with van der Waals surface area (Å²) in [7, 11) is 0. The first-order valence-electron chi connectivity index (χ1n) is 10.1. The SMILES string of the molecule is CC(C)Oc1nc(NC(=O)[C@H](Cc2ccccc2)Sc2nc(N)nc3nc[nH]c23)ncc1Br. The van der Waals surface area contributed by atoms with Crippen molar-refractivity contribution >= 4 is 56.7 Å². The molecule has 170 valence electrons. The van der Waals surface area contributed by atoms with Crippen LogP contribution in [0.4, 0.5) is 11.9 Å². The van der Waals surface area contributed by atoms with Gasteiger partial charge in [-0.05, 0) is 41.8 Å². The van der Waals surface area contributed by atoms with E-state index in [1.165, 1.54) is 18.1 Å². The quantitative estimate of drug-likeness (QED) is 0.230. The van der Waals surface area contributed by atoms with Gasteiger partial charge in [-0.1, -0.05) is 42.1 Å². The number of hydrogen-bond acceptors (Lipinski definition) is 9. The number of fused-ring (bicyclic) bond motifs is 1. The Balaban J connectivity index is 1.62. The van der Waals surface area contributed by atoms with Gasteiger partial charge in [-0.15, -0.1) is 0 Å². The highest BCUT2D eigenvalue weighted by Gasteiger charge is 2.25. The maximum Gasteiger partial charge on any atom is 0.240 e. The van der Waals surface area contributed by atoms with Crippen LogP contribution < -0.4 is 15.8 Å². The first-order chi connectivity index (χ1) is 15.9. The maximum atomic E-state index is 13.3. The second kappa shape index (κ2) is 10.1. The zero-order valence-electron chi connectivity index (χ0n) is 17.8. The minimum absolute atomic E-state index is 0.0822. The first-order valence-corrected chi connectivity index (χ1v) is 11.7. The van der Waals surface area contributed by atoms with Gasteiger partial charge in [0.2, 0.25) is 23.7 Å². The van der Waals surface area contributed by atoms with E-state index < -0.39 is 5.25 Å². The number of ether oxygens (including phenoxy) is 1. The fraction of sp³-hybridized carbons (Fsp3) is 0.238. The third-order valence-corrected chi connectivity index (χ3v) is 6.10. The fourth-order valence-electron chi connectivity index (χ4n) is 2.97. The number of amides is 1. The minimum atomic E-state index is -0.560. The number of nitrogen functional groups attached to an aromatic ring is 1. The molecule has 1 atom stereocenters. The molecule has 0 fully saturated rings. The summed E-state index contributed by atoms with van der Waals surface area (Å²) >= 11 is 4.63. The number of aromatic amines is 1. The lowest BCUT2D eigenvalue weighted by molar-refractivity contribution is -0.115. The number of benzene rings is 1. The zero-order chi connectivity index (χ0) is 23.4. The van der Waals surface area contributed by atoms with Gasteiger partial charge in [-0.3, -0.25) is 10.1 Å². The maximum absolute atomic E-state index is 13.3. The van der Waals surface area contributed by atoms with Crippen LogP contribution in [0.2, 0.25) is 0 Å². The van der Waals surface area contributed by atoms with E-state index >= 15 is 0 Å². The van der Waals surface area contributed by atoms with Gasteiger partial charge >= 0.3 is 0 Å². The molecule has 0 radical (unpaired) electrons. The Morgan fingerprint density at radius 2 is 2.00 bits per heavy atom. The van der Waals surface area contributed by atoms with Crippen LogP contribution in [0.15, 0.2) is 52.4 Å². The Morgan fingerprint density at radius 3 is 2.76 bits per heavy atom. The third kappa shape index (κ3) is 5.76. The van der Waals surface area contributed by atoms with Gasteiger partial charge in [0.25, 0.3) is 0 Å². The number of aromatic nitrogens is 6. The molecule has 0 aliphatic carbocycles. The molecule has 4 N–H and O–H groups in total. The van der Waals surface area contributed by atoms with Gasteiger partial charge in [-0.25, -0.2) is 15.0 Å². The van der Waals surface area contributed by atoms with Gasteiger partial charge in [0.15, 0.2) is 5.65 Å². The number of nitrogens with one attached hydrogen (secondary N) is 2. The largest absolute Gasteiger partial charge is 0.474 e. The first kappa shape index (κ1) is 22.9. The molecular formula is C21H21BrN8O2S. The normalized spacial score (nSPS) is 12.1. The number of carbonyl (C=O) groups is 1. The van der Waals surface area contributed by atoms with E-state index in [1.54, 1.807) is 6.20 Å². The molecule has 0 unspecified atom stereocenters. The van der Waals surface area contributed by atoms with Crippen molar-refractivity contribution in [2.45, 2.75) is 36.6 Å². The summed E-state index contributed by atoms with van der Waals surface area (Å²) in [5.41, 5.74) is 7.91. The van der Waals surface area contributed by atoms with Crippen molar-refractivity contribution in [1.29, 1.82) is 0 Å². The summed E-state index contributed by atoms with van der Waals surface area (Å²) in [6.07, 6.45) is 3.42. The number of imidazole rings is 1. The fourth-order valence-corrected chi connectivity index (χ4v) is 4.38. The predicted octanol–water partition coefficient (Wildman–Crippen LogP) is 3.62. The number of nitrogens with two attached hydrogens (primary N) is 1. The van der Waals surface area contributed by atoms with E-state index in [0.717, 1.165) is 5.56 Å². The standard InChI is InChI=1S/C21H21BrN8O2S/c1-11(2)32-18-13(22)9-24-21(29-18)28-17(31)14(8-12-6-4-3-5-7-12)33-19-15-16(26-10-25-15)27-20(23)30-19/h3-7,9-11,14H,8H2,1-2H3,(H,24,28,29,31)(H3,23,25,26,27,30)/t14-/m0/s1. The Morgan fingerprint density at radius 1 is 1.21 bits per heavy atom. The second-order valence-corrected chi connectivity index (χ2v) is 9.33. The highest BCUT2D eigenvalue weighted by Crippen LogP contribution is 2.30. The van der Waals surface area contributed by atoms with Gasteiger partial charge in [-0.2, -0.15) is 9.97 Å². The van der Waals surface area contributed by atoms with Crippen LogP contribution in [0.1, 0.15) is 19.4 Å². The number of thioether (sulfide) groups is 1. The molecule has 0 saturated heterocycles. The van der Waals surface area contributed by atoms with Crippen LogP contribution >= 0.6 is 27.7 Å². The number of halogens is 1. The van der Waals surface area contributed by atoms with Crippen molar-refractivity contribution in [3.63, 3.8) is 0 Å². The van der Waals surface area contributed by atoms with Crippen LogP contribution in [0.3, 0.4) is 0 Å². The molecule has 3 aromatic heterocycles. The molecule has 0 bridgehead atoms. The van der Waals surface area contributed by atoms with Crippen molar-refractivity contribution in [2.24, 2.45) is 0 Å². The summed E-state index contributed by atoms with van der Waals surface area (Å²) in [4.78, 5) is 37.5. The number of hydrogen-bond donors (Lipinski definition) is 3. The van der Waals surface area contributed by atoms with Crippen LogP contribution in [-0.4, -0.2) is 47.2 Å². The molecule has 0 aliphatic rings. The lowest BCUT2D eigenvalue weighted by atomic mass is 10.1. The van der Waals surface area contributed by atoms with E-state index in [1.807, 2.05) is 44.2 Å². The Hall–Kier alpha value is -3.25. The molecule has 4 rings (SSSR count). The molecule has 0 saturated carbocycles. The van der Waals surface area contributed by atoms with Gasteiger partial charge < -0.3 is 15.5 Å². The Kier molecular flexibility index (Phi) is 7.04. The summed E-state index contributed by atoms with van der Waals surface area (Å²) < 4.78 is 6.27. The number of H-pyrrole nitrogens is 1. The monoisotopic (exact) mass is 528 g/mol. The lowest BCUT2D eigenvalue weighted by Gasteiger charge is -2.17. The van der Waals surface area contributed by atoms with Crippen LogP contribution in [-0.2, 0) is 11.2 Å². The number of carbonyl (C=O) groups excluding carboxylic acids is 1. The van der Waals surface area contributed by atoms with Gasteiger partial charge in [0.05, 0.1) is 28.4 Å². The lowest BCUT2D eigenvalue weighted by Crippen LogP contribution is -2.28. The molecule has 0 spiro atoms. The molecule has 1 aromatic carbocycles. The van der Waals surface area contributed by atoms with Crippen molar-refractivity contribution in [1.82, 2.24) is 29.9 Å². The van der Waals surface area contributed by atoms with Crippen molar-refractivity contribution in [3.05, 3.63) is 52.9 Å². The van der Waals surface area contributed by atoms with E-state index in [2.05, 4.69) is 51.2 Å². The van der Waals surface area contributed by atoms with Crippen LogP contribution in [0.25, 0.3) is 11.2 Å². The minimum Gasteiger partial charge on any atom is -0.474 e. The summed E-state index contributed by atoms with van der Waals surface area (Å²) in [5, 5.41) is 2.77. The van der Waals surface area contributed by atoms with E-state index in [0.29, 0.717) is 33.0 Å². The van der Waals surface area contributed by atoms with Crippen molar-refractivity contribution < 1.29 is 9.53 Å². The molecule has 33 heavy (non-hydrogen) atoms. The van der Waals surface area contributed by atoms with Crippen molar-refractivity contribution in [3.8, 4) is 5.88 Å². The predicted molar refractivity (Wildman–Crippen MR) is 130 cm³/mol. The highest BCUT2D eigenvalue weighted by atomic mass is 79.9. The Bertz CT molecular complexity index is 1270. The van der Waals surface area contributed by atoms with Gasteiger partial charge in [0, 0.05) is 0 Å². The van der Waals surface area contributed by atoms with Crippen LogP contribution in [0.5, 0.6) is 5.88 Å². The molecule has 0 aliphatic heterocycles. The topological polar surface area (TPSA) is 145 Å². The highest BCUT2D eigenvalue weighted by molar-refractivity contribution is 9.10. The smallest absolute Gasteiger partial charge is 0.240 e. The Labute approximate surface area is 202 Å². The summed E-state index contributed by atoms with van der Waals surface area (Å²) in [6.45, 7) is 3.78. The van der Waals surface area contributed by atoms with Crippen molar-refractivity contribution in [2.75, 3.05) is 11.1 Å². The molecular weight excluding hydrogens is 508 g/mol. The number of nitrogens with zero attached hydrogens (tertiary/aromatic N) is 5. The summed E-state index contributed by atoms with van der Waals surface area (Å²) in [6, 6.07) is 9.71. The summed E-state index contributed by atoms with van der Waals surface area (Å²) in [5.74, 6) is 0.297. The molecule has 1 amide bonds. The van der Waals surface area contributed by atoms with E-state index in [9.17, 15) is 4.79 Å². The molecule has 12 heteroatoms. The number of anilines is 2. The number of rotatable bonds is 8. The zero-order valence-corrected chi connectivity index (χ0v) is 20.2. The third-order valence-electron chi connectivity index (χ3n) is 4.37. The molecule has 4 aromatic rings. The van der Waals surface area contributed by atoms with Gasteiger partial charge in [0.1, 0.15) is 10.5 Å². The average molecular weight is 529 g/mol. The average Bonchev–Trinajstić information content (AvgIpc) is 3.24. The molecule has 10 nitrogen and oxygen atoms in total. The second-order valence-electron chi connectivity index (χ2n) is 7.29. The van der Waals surface area contributed by atoms with E-state index in [4.69, 9.17) is 10.5 Å². The van der Waals surface area contributed by atoms with Crippen LogP contribution in [0, 0.1) is 0 Å².